The molecular weight excluding hydrogens is 262 g/mol. The summed E-state index contributed by atoms with van der Waals surface area (Å²) in [6, 6.07) is 6.21. The number of aliphatic hydroxyl groups is 1. The average Bonchev–Trinajstić information content (AvgIpc) is 2.50. The van der Waals surface area contributed by atoms with Crippen LogP contribution in [0, 0.1) is 19.3 Å². The number of aliphatic hydroxyl groups excluding tert-OH is 1. The van der Waals surface area contributed by atoms with Gasteiger partial charge in [0.1, 0.15) is 0 Å². The van der Waals surface area contributed by atoms with Gasteiger partial charge in [-0.2, -0.15) is 0 Å². The van der Waals surface area contributed by atoms with Crippen molar-refractivity contribution in [2.24, 2.45) is 5.41 Å². The van der Waals surface area contributed by atoms with E-state index in [0.29, 0.717) is 13.0 Å². The summed E-state index contributed by atoms with van der Waals surface area (Å²) in [5, 5.41) is 12.7. The molecule has 0 radical (unpaired) electrons. The van der Waals surface area contributed by atoms with Gasteiger partial charge < -0.3 is 10.4 Å². The first-order chi connectivity index (χ1) is 10.0. The first-order valence-corrected chi connectivity index (χ1v) is 7.98. The maximum Gasteiger partial charge on any atom is 0.224 e. The van der Waals surface area contributed by atoms with Crippen molar-refractivity contribution in [3.8, 4) is 0 Å². The SMILES string of the molecule is Cc1ccc(C)c(CC(=O)NCC2(CO)CCCCC2)c1. The monoisotopic (exact) mass is 289 g/mol. The third-order valence-electron chi connectivity index (χ3n) is 4.77. The van der Waals surface area contributed by atoms with Crippen molar-refractivity contribution in [2.45, 2.75) is 52.4 Å². The second-order valence-corrected chi connectivity index (χ2v) is 6.60. The smallest absolute Gasteiger partial charge is 0.224 e. The summed E-state index contributed by atoms with van der Waals surface area (Å²) in [7, 11) is 0. The van der Waals surface area contributed by atoms with E-state index in [0.717, 1.165) is 36.8 Å². The highest BCUT2D eigenvalue weighted by atomic mass is 16.3. The van der Waals surface area contributed by atoms with Crippen LogP contribution < -0.4 is 5.32 Å². The van der Waals surface area contributed by atoms with Crippen LogP contribution in [-0.2, 0) is 11.2 Å². The van der Waals surface area contributed by atoms with E-state index in [4.69, 9.17) is 0 Å². The van der Waals surface area contributed by atoms with Crippen LogP contribution in [0.4, 0.5) is 0 Å². The Morgan fingerprint density at radius 1 is 1.24 bits per heavy atom. The van der Waals surface area contributed by atoms with Crippen LogP contribution in [-0.4, -0.2) is 24.2 Å². The van der Waals surface area contributed by atoms with Gasteiger partial charge in [-0.25, -0.2) is 0 Å². The number of nitrogens with one attached hydrogen (secondary N) is 1. The molecule has 0 spiro atoms. The Labute approximate surface area is 127 Å². The van der Waals surface area contributed by atoms with E-state index in [-0.39, 0.29) is 17.9 Å². The zero-order valence-electron chi connectivity index (χ0n) is 13.2. The zero-order chi connectivity index (χ0) is 15.3. The number of rotatable bonds is 5. The van der Waals surface area contributed by atoms with Crippen LogP contribution >= 0.6 is 0 Å². The van der Waals surface area contributed by atoms with Gasteiger partial charge in [0, 0.05) is 12.0 Å². The largest absolute Gasteiger partial charge is 0.396 e. The van der Waals surface area contributed by atoms with Gasteiger partial charge in [0.15, 0.2) is 0 Å². The van der Waals surface area contributed by atoms with Crippen LogP contribution in [0.1, 0.15) is 48.8 Å². The summed E-state index contributed by atoms with van der Waals surface area (Å²) >= 11 is 0. The minimum Gasteiger partial charge on any atom is -0.396 e. The lowest BCUT2D eigenvalue weighted by molar-refractivity contribution is -0.121. The highest BCUT2D eigenvalue weighted by molar-refractivity contribution is 5.79. The molecule has 1 aliphatic rings. The normalized spacial score (nSPS) is 17.5. The molecule has 0 aromatic heterocycles. The fourth-order valence-electron chi connectivity index (χ4n) is 3.20. The highest BCUT2D eigenvalue weighted by Crippen LogP contribution is 2.35. The van der Waals surface area contributed by atoms with E-state index in [1.54, 1.807) is 0 Å². The van der Waals surface area contributed by atoms with Crippen molar-refractivity contribution < 1.29 is 9.90 Å². The predicted octanol–water partition coefficient (Wildman–Crippen LogP) is 2.90. The van der Waals surface area contributed by atoms with Crippen LogP contribution in [0.2, 0.25) is 0 Å². The number of hydrogen-bond donors (Lipinski definition) is 2. The van der Waals surface area contributed by atoms with Crippen LogP contribution in [0.5, 0.6) is 0 Å². The van der Waals surface area contributed by atoms with Gasteiger partial charge in [0.05, 0.1) is 13.0 Å². The van der Waals surface area contributed by atoms with Crippen molar-refractivity contribution >= 4 is 5.91 Å². The molecule has 1 aromatic rings. The van der Waals surface area contributed by atoms with Crippen LogP contribution in [0.3, 0.4) is 0 Å². The number of carbonyl (C=O) groups excluding carboxylic acids is 1. The maximum atomic E-state index is 12.2. The number of carbonyl (C=O) groups is 1. The minimum atomic E-state index is -0.0877. The Bertz CT molecular complexity index is 490. The van der Waals surface area contributed by atoms with E-state index < -0.39 is 0 Å². The summed E-state index contributed by atoms with van der Waals surface area (Å²) < 4.78 is 0. The zero-order valence-corrected chi connectivity index (χ0v) is 13.2. The first-order valence-electron chi connectivity index (χ1n) is 7.98. The minimum absolute atomic E-state index is 0.0575. The molecule has 2 N–H and O–H groups in total. The molecule has 2 rings (SSSR count). The van der Waals surface area contributed by atoms with Gasteiger partial charge in [-0.15, -0.1) is 0 Å². The summed E-state index contributed by atoms with van der Waals surface area (Å²) in [6.07, 6.45) is 6.04. The second kappa shape index (κ2) is 7.08. The fraction of sp³-hybridized carbons (Fsp3) is 0.611. The molecule has 0 unspecified atom stereocenters. The van der Waals surface area contributed by atoms with Crippen molar-refractivity contribution in [1.82, 2.24) is 5.32 Å². The molecule has 21 heavy (non-hydrogen) atoms. The van der Waals surface area contributed by atoms with Crippen LogP contribution in [0.15, 0.2) is 18.2 Å². The Morgan fingerprint density at radius 3 is 2.62 bits per heavy atom. The molecule has 1 aliphatic carbocycles. The Hall–Kier alpha value is -1.35. The van der Waals surface area contributed by atoms with Crippen molar-refractivity contribution in [1.29, 1.82) is 0 Å². The van der Waals surface area contributed by atoms with E-state index in [1.165, 1.54) is 12.0 Å². The molecule has 1 amide bonds. The molecule has 0 bridgehead atoms. The van der Waals surface area contributed by atoms with Gasteiger partial charge in [0.2, 0.25) is 5.91 Å². The molecule has 116 valence electrons. The van der Waals surface area contributed by atoms with Crippen molar-refractivity contribution in [3.05, 3.63) is 34.9 Å². The third-order valence-corrected chi connectivity index (χ3v) is 4.77. The number of amides is 1. The Balaban J connectivity index is 1.91. The molecule has 0 saturated heterocycles. The number of aryl methyl sites for hydroxylation is 2. The Morgan fingerprint density at radius 2 is 1.95 bits per heavy atom. The summed E-state index contributed by atoms with van der Waals surface area (Å²) in [5.41, 5.74) is 3.34. The highest BCUT2D eigenvalue weighted by Gasteiger charge is 2.31. The third kappa shape index (κ3) is 4.31. The van der Waals surface area contributed by atoms with Gasteiger partial charge in [-0.3, -0.25) is 4.79 Å². The van der Waals surface area contributed by atoms with E-state index in [2.05, 4.69) is 23.5 Å². The van der Waals surface area contributed by atoms with Crippen molar-refractivity contribution in [3.63, 3.8) is 0 Å². The van der Waals surface area contributed by atoms with E-state index in [1.807, 2.05) is 13.8 Å². The molecule has 3 nitrogen and oxygen atoms in total. The quantitative estimate of drug-likeness (QED) is 0.875. The molecule has 0 atom stereocenters. The van der Waals surface area contributed by atoms with Gasteiger partial charge >= 0.3 is 0 Å². The summed E-state index contributed by atoms with van der Waals surface area (Å²) in [4.78, 5) is 12.2. The fourth-order valence-corrected chi connectivity index (χ4v) is 3.20. The maximum absolute atomic E-state index is 12.2. The van der Waals surface area contributed by atoms with E-state index >= 15 is 0 Å². The Kier molecular flexibility index (Phi) is 5.40. The first kappa shape index (κ1) is 16.0. The topological polar surface area (TPSA) is 49.3 Å². The number of benzene rings is 1. The summed E-state index contributed by atoms with van der Waals surface area (Å²) in [6.45, 7) is 4.87. The molecule has 3 heteroatoms. The molecule has 1 saturated carbocycles. The van der Waals surface area contributed by atoms with Crippen molar-refractivity contribution in [2.75, 3.05) is 13.2 Å². The molecule has 0 aliphatic heterocycles. The second-order valence-electron chi connectivity index (χ2n) is 6.60. The molecule has 0 heterocycles. The molecule has 1 fully saturated rings. The van der Waals surface area contributed by atoms with Gasteiger partial charge in [-0.05, 0) is 37.8 Å². The lowest BCUT2D eigenvalue weighted by Gasteiger charge is -2.35. The molecule has 1 aromatic carbocycles. The van der Waals surface area contributed by atoms with Crippen LogP contribution in [0.25, 0.3) is 0 Å². The standard InChI is InChI=1S/C18H27NO2/c1-14-6-7-15(2)16(10-14)11-17(21)19-12-18(13-20)8-4-3-5-9-18/h6-7,10,20H,3-5,8-9,11-13H2,1-2H3,(H,19,21). The lowest BCUT2D eigenvalue weighted by Crippen LogP contribution is -2.41. The number of hydrogen-bond acceptors (Lipinski definition) is 2. The van der Waals surface area contributed by atoms with E-state index in [9.17, 15) is 9.90 Å². The predicted molar refractivity (Wildman–Crippen MR) is 85.2 cm³/mol. The lowest BCUT2D eigenvalue weighted by atomic mass is 9.74. The summed E-state index contributed by atoms with van der Waals surface area (Å²) in [5.74, 6) is 0.0575. The molecular formula is C18H27NO2. The average molecular weight is 289 g/mol. The van der Waals surface area contributed by atoms with Gasteiger partial charge in [0.25, 0.3) is 0 Å². The van der Waals surface area contributed by atoms with Gasteiger partial charge in [-0.1, -0.05) is 43.0 Å².